The average molecular weight is 309 g/mol. The number of nitrogens with zero attached hydrogens (tertiary/aromatic N) is 2. The molecule has 3 fully saturated rings. The van der Waals surface area contributed by atoms with E-state index in [0.717, 1.165) is 38.1 Å². The molecule has 3 aliphatic rings. The predicted octanol–water partition coefficient (Wildman–Crippen LogP) is 2.07. The molecule has 5 heteroatoms. The molecule has 126 valence electrons. The van der Waals surface area contributed by atoms with Gasteiger partial charge in [0, 0.05) is 25.2 Å². The first-order valence-corrected chi connectivity index (χ1v) is 9.05. The highest BCUT2D eigenvalue weighted by Gasteiger charge is 2.51. The molecule has 2 aliphatic heterocycles. The summed E-state index contributed by atoms with van der Waals surface area (Å²) in [6.45, 7) is 9.90. The van der Waals surface area contributed by atoms with Crippen LogP contribution in [0.3, 0.4) is 0 Å². The average Bonchev–Trinajstić information content (AvgIpc) is 2.93. The van der Waals surface area contributed by atoms with E-state index >= 15 is 0 Å². The summed E-state index contributed by atoms with van der Waals surface area (Å²) < 4.78 is 5.14. The maximum absolute atomic E-state index is 11.8. The normalized spacial score (nSPS) is 33.2. The van der Waals surface area contributed by atoms with E-state index in [0.29, 0.717) is 12.0 Å². The van der Waals surface area contributed by atoms with Crippen molar-refractivity contribution < 1.29 is 9.53 Å². The van der Waals surface area contributed by atoms with E-state index in [1.165, 1.54) is 38.8 Å². The van der Waals surface area contributed by atoms with Gasteiger partial charge in [-0.2, -0.15) is 0 Å². The molecule has 0 bridgehead atoms. The minimum atomic E-state index is -0.116. The van der Waals surface area contributed by atoms with Gasteiger partial charge < -0.3 is 19.9 Å². The standard InChI is InChI=1S/C17H31N3O2/c1-3-18-14-5-8-19(9-6-14)15-11-17(12-15)7-10-20(13-17)16(21)22-4-2/h14-15,18H,3-13H2,1-2H3. The zero-order valence-electron chi connectivity index (χ0n) is 14.1. The maximum Gasteiger partial charge on any atom is 0.409 e. The van der Waals surface area contributed by atoms with Gasteiger partial charge in [0.2, 0.25) is 0 Å². The second-order valence-corrected chi connectivity index (χ2v) is 7.30. The van der Waals surface area contributed by atoms with E-state index < -0.39 is 0 Å². The number of ether oxygens (including phenoxy) is 1. The number of nitrogens with one attached hydrogen (secondary N) is 1. The number of amides is 1. The van der Waals surface area contributed by atoms with Crippen LogP contribution in [0.5, 0.6) is 0 Å². The number of hydrogen-bond acceptors (Lipinski definition) is 4. The molecule has 1 saturated carbocycles. The Bertz CT molecular complexity index is 387. The molecule has 3 rings (SSSR count). The highest BCUT2D eigenvalue weighted by molar-refractivity contribution is 5.68. The lowest BCUT2D eigenvalue weighted by Gasteiger charge is -2.51. The lowest BCUT2D eigenvalue weighted by molar-refractivity contribution is -0.00600. The molecule has 2 saturated heterocycles. The summed E-state index contributed by atoms with van der Waals surface area (Å²) in [5.74, 6) is 0. The van der Waals surface area contributed by atoms with Gasteiger partial charge in [-0.3, -0.25) is 0 Å². The molecule has 2 heterocycles. The summed E-state index contributed by atoms with van der Waals surface area (Å²) in [5, 5.41) is 3.57. The molecule has 1 amide bonds. The van der Waals surface area contributed by atoms with Crippen molar-refractivity contribution in [3.05, 3.63) is 0 Å². The minimum Gasteiger partial charge on any atom is -0.450 e. The first kappa shape index (κ1) is 16.1. The third-order valence-corrected chi connectivity index (χ3v) is 5.84. The fourth-order valence-electron chi connectivity index (χ4n) is 4.59. The van der Waals surface area contributed by atoms with Gasteiger partial charge in [-0.25, -0.2) is 4.79 Å². The molecule has 1 spiro atoms. The van der Waals surface area contributed by atoms with Crippen LogP contribution in [0.15, 0.2) is 0 Å². The number of carbonyl (C=O) groups is 1. The highest BCUT2D eigenvalue weighted by atomic mass is 16.6. The smallest absolute Gasteiger partial charge is 0.409 e. The highest BCUT2D eigenvalue weighted by Crippen LogP contribution is 2.50. The number of rotatable bonds is 4. The van der Waals surface area contributed by atoms with E-state index in [1.807, 2.05) is 11.8 Å². The van der Waals surface area contributed by atoms with E-state index in [4.69, 9.17) is 4.74 Å². The second kappa shape index (κ2) is 6.75. The topological polar surface area (TPSA) is 44.8 Å². The largest absolute Gasteiger partial charge is 0.450 e. The van der Waals surface area contributed by atoms with E-state index in [2.05, 4.69) is 17.1 Å². The van der Waals surface area contributed by atoms with Gasteiger partial charge in [0.15, 0.2) is 0 Å². The summed E-state index contributed by atoms with van der Waals surface area (Å²) in [6, 6.07) is 1.48. The van der Waals surface area contributed by atoms with Gasteiger partial charge in [-0.15, -0.1) is 0 Å². The third-order valence-electron chi connectivity index (χ3n) is 5.84. The lowest BCUT2D eigenvalue weighted by atomic mass is 9.64. The Morgan fingerprint density at radius 1 is 1.23 bits per heavy atom. The first-order valence-electron chi connectivity index (χ1n) is 9.05. The van der Waals surface area contributed by atoms with E-state index in [1.54, 1.807) is 0 Å². The van der Waals surface area contributed by atoms with Crippen LogP contribution >= 0.6 is 0 Å². The first-order chi connectivity index (χ1) is 10.7. The molecular formula is C17H31N3O2. The van der Waals surface area contributed by atoms with Crippen LogP contribution in [0.25, 0.3) is 0 Å². The molecule has 0 unspecified atom stereocenters. The van der Waals surface area contributed by atoms with Crippen LogP contribution in [-0.4, -0.2) is 67.3 Å². The van der Waals surface area contributed by atoms with Crippen molar-refractivity contribution >= 4 is 6.09 Å². The molecule has 0 aromatic heterocycles. The number of carbonyl (C=O) groups excluding carboxylic acids is 1. The Balaban J connectivity index is 1.42. The molecule has 1 aliphatic carbocycles. The van der Waals surface area contributed by atoms with Crippen LogP contribution in [0.4, 0.5) is 4.79 Å². The van der Waals surface area contributed by atoms with Crippen molar-refractivity contribution in [2.45, 2.75) is 58.0 Å². The Labute approximate surface area is 134 Å². The van der Waals surface area contributed by atoms with Crippen molar-refractivity contribution in [2.75, 3.05) is 39.3 Å². The molecule has 0 aromatic carbocycles. The van der Waals surface area contributed by atoms with Crippen LogP contribution < -0.4 is 5.32 Å². The second-order valence-electron chi connectivity index (χ2n) is 7.30. The quantitative estimate of drug-likeness (QED) is 0.863. The van der Waals surface area contributed by atoms with Crippen LogP contribution in [0.1, 0.15) is 46.0 Å². The van der Waals surface area contributed by atoms with Crippen molar-refractivity contribution in [3.63, 3.8) is 0 Å². The van der Waals surface area contributed by atoms with Gasteiger partial charge in [0.1, 0.15) is 0 Å². The van der Waals surface area contributed by atoms with Gasteiger partial charge >= 0.3 is 6.09 Å². The monoisotopic (exact) mass is 309 g/mol. The molecule has 0 aromatic rings. The molecular weight excluding hydrogens is 278 g/mol. The van der Waals surface area contributed by atoms with Crippen molar-refractivity contribution in [1.82, 2.24) is 15.1 Å². The van der Waals surface area contributed by atoms with Crippen LogP contribution in [0.2, 0.25) is 0 Å². The van der Waals surface area contributed by atoms with Gasteiger partial charge in [0.05, 0.1) is 6.61 Å². The fraction of sp³-hybridized carbons (Fsp3) is 0.941. The maximum atomic E-state index is 11.8. The summed E-state index contributed by atoms with van der Waals surface area (Å²) in [4.78, 5) is 16.4. The Hall–Kier alpha value is -0.810. The van der Waals surface area contributed by atoms with Gasteiger partial charge in [0.25, 0.3) is 0 Å². The molecule has 1 N–H and O–H groups in total. The summed E-state index contributed by atoms with van der Waals surface area (Å²) in [6.07, 6.45) is 6.16. The summed E-state index contributed by atoms with van der Waals surface area (Å²) in [7, 11) is 0. The van der Waals surface area contributed by atoms with E-state index in [-0.39, 0.29) is 6.09 Å². The zero-order chi connectivity index (χ0) is 15.6. The van der Waals surface area contributed by atoms with Crippen molar-refractivity contribution in [2.24, 2.45) is 5.41 Å². The SMILES string of the molecule is CCNC1CCN(C2CC3(CCN(C(=O)OCC)C3)C2)CC1. The number of likely N-dealkylation sites (tertiary alicyclic amines) is 2. The summed E-state index contributed by atoms with van der Waals surface area (Å²) in [5.41, 5.74) is 0.399. The Kier molecular flexibility index (Phi) is 4.93. The lowest BCUT2D eigenvalue weighted by Crippen LogP contribution is -2.55. The number of piperidine rings is 1. The zero-order valence-corrected chi connectivity index (χ0v) is 14.1. The molecule has 22 heavy (non-hydrogen) atoms. The predicted molar refractivity (Wildman–Crippen MR) is 86.9 cm³/mol. The van der Waals surface area contributed by atoms with Gasteiger partial charge in [-0.1, -0.05) is 6.92 Å². The molecule has 5 nitrogen and oxygen atoms in total. The van der Waals surface area contributed by atoms with Crippen LogP contribution in [-0.2, 0) is 4.74 Å². The van der Waals surface area contributed by atoms with Crippen LogP contribution in [0, 0.1) is 5.41 Å². The molecule has 0 atom stereocenters. The Morgan fingerprint density at radius 3 is 2.59 bits per heavy atom. The molecule has 0 radical (unpaired) electrons. The third kappa shape index (κ3) is 3.25. The minimum absolute atomic E-state index is 0.116. The van der Waals surface area contributed by atoms with Crippen molar-refractivity contribution in [3.8, 4) is 0 Å². The van der Waals surface area contributed by atoms with Gasteiger partial charge in [-0.05, 0) is 64.1 Å². The van der Waals surface area contributed by atoms with E-state index in [9.17, 15) is 4.79 Å². The van der Waals surface area contributed by atoms with Crippen molar-refractivity contribution in [1.29, 1.82) is 0 Å². The Morgan fingerprint density at radius 2 is 1.95 bits per heavy atom. The number of hydrogen-bond donors (Lipinski definition) is 1. The fourth-order valence-corrected chi connectivity index (χ4v) is 4.59. The summed E-state index contributed by atoms with van der Waals surface area (Å²) >= 11 is 0.